The number of carbonyl (C=O) groups excluding carboxylic acids is 2. The molecular weight excluding hydrogens is 347 g/mol. The van der Waals surface area contributed by atoms with E-state index in [0.29, 0.717) is 0 Å². The minimum Gasteiger partial charge on any atom is -0.395 e. The molecule has 0 heterocycles. The molecule has 0 saturated heterocycles. The van der Waals surface area contributed by atoms with Gasteiger partial charge in [-0.3, -0.25) is 0 Å². The number of aliphatic hydroxyl groups is 1. The Morgan fingerprint density at radius 2 is 2.06 bits per heavy atom. The molecule has 0 aromatic carbocycles. The summed E-state index contributed by atoms with van der Waals surface area (Å²) in [4.78, 5) is 21.8. The van der Waals surface area contributed by atoms with Crippen LogP contribution in [0, 0.1) is 0 Å². The van der Waals surface area contributed by atoms with E-state index in [2.05, 4.69) is 52.8 Å². The maximum Gasteiger partial charge on any atom is 0.353 e. The first kappa shape index (κ1) is 15.4. The van der Waals surface area contributed by atoms with Crippen molar-refractivity contribution in [2.24, 2.45) is 5.10 Å². The molecule has 16 heavy (non-hydrogen) atoms. The lowest BCUT2D eigenvalue weighted by molar-refractivity contribution is 0.221. The van der Waals surface area contributed by atoms with E-state index >= 15 is 0 Å². The third kappa shape index (κ3) is 9.93. The van der Waals surface area contributed by atoms with Crippen LogP contribution < -0.4 is 21.6 Å². The molecular formula is C5H12BIN5O3P. The van der Waals surface area contributed by atoms with Crippen molar-refractivity contribution in [2.75, 3.05) is 13.2 Å². The highest BCUT2D eigenvalue weighted by molar-refractivity contribution is 14.1. The Kier molecular flexibility index (Phi) is 9.25. The Morgan fingerprint density at radius 1 is 1.44 bits per heavy atom. The summed E-state index contributed by atoms with van der Waals surface area (Å²) in [7, 11) is 2.46. The lowest BCUT2D eigenvalue weighted by Crippen LogP contribution is -2.50. The van der Waals surface area contributed by atoms with Crippen molar-refractivity contribution in [1.29, 1.82) is 0 Å². The Bertz CT molecular complexity index is 266. The number of amides is 4. The lowest BCUT2D eigenvalue weighted by Gasteiger charge is -2.06. The first-order valence-electron chi connectivity index (χ1n) is 4.19. The van der Waals surface area contributed by atoms with Gasteiger partial charge in [0.2, 0.25) is 0 Å². The zero-order chi connectivity index (χ0) is 12.4. The number of halogens is 1. The minimum atomic E-state index is -0.669. The topological polar surface area (TPSA) is 115 Å². The van der Waals surface area contributed by atoms with Crippen molar-refractivity contribution in [3.63, 3.8) is 0 Å². The Morgan fingerprint density at radius 3 is 2.62 bits per heavy atom. The molecule has 0 aliphatic heterocycles. The zero-order valence-corrected chi connectivity index (χ0v) is 11.5. The molecule has 0 aromatic rings. The fourth-order valence-electron chi connectivity index (χ4n) is 0.522. The molecule has 0 fully saturated rings. The van der Waals surface area contributed by atoms with E-state index in [0.717, 1.165) is 0 Å². The largest absolute Gasteiger partial charge is 0.395 e. The molecule has 0 aliphatic carbocycles. The number of nitrogens with zero attached hydrogens (tertiary/aromatic N) is 1. The third-order valence-electron chi connectivity index (χ3n) is 1.07. The fourth-order valence-corrected chi connectivity index (χ4v) is 0.769. The molecule has 1 atom stereocenters. The summed E-state index contributed by atoms with van der Waals surface area (Å²) in [5.74, 6) is 0. The maximum atomic E-state index is 11.0. The zero-order valence-electron chi connectivity index (χ0n) is 8.24. The number of hydrazone groups is 1. The molecule has 0 rings (SSSR count). The summed E-state index contributed by atoms with van der Waals surface area (Å²) in [6, 6.07) is -1.29. The molecule has 8 nitrogen and oxygen atoms in total. The summed E-state index contributed by atoms with van der Waals surface area (Å²) < 4.78 is 0.110. The van der Waals surface area contributed by atoms with Crippen molar-refractivity contribution in [1.82, 2.24) is 21.6 Å². The minimum absolute atomic E-state index is 0.108. The summed E-state index contributed by atoms with van der Waals surface area (Å²) in [5, 5.41) is 14.3. The standard InChI is InChI=1S/C5H12BIN5O3P/c7-6(16)3-9-10-5(15)12-11-4(14)8-1-2-13/h3,13H,1-2,16H2,(H2,8,11,14)(H2,10,12,15). The van der Waals surface area contributed by atoms with Crippen LogP contribution in [0.2, 0.25) is 0 Å². The predicted octanol–water partition coefficient (Wildman–Crippen LogP) is -1.18. The van der Waals surface area contributed by atoms with E-state index in [1.54, 1.807) is 0 Å². The van der Waals surface area contributed by atoms with Gasteiger partial charge in [-0.25, -0.2) is 25.9 Å². The van der Waals surface area contributed by atoms with Crippen LogP contribution in [0.1, 0.15) is 0 Å². The molecule has 0 aromatic heterocycles. The van der Waals surface area contributed by atoms with E-state index in [1.165, 1.54) is 6.11 Å². The van der Waals surface area contributed by atoms with Crippen molar-refractivity contribution < 1.29 is 14.7 Å². The second-order valence-electron chi connectivity index (χ2n) is 2.39. The van der Waals surface area contributed by atoms with Gasteiger partial charge >= 0.3 is 12.1 Å². The van der Waals surface area contributed by atoms with Crippen LogP contribution in [0.25, 0.3) is 0 Å². The van der Waals surface area contributed by atoms with E-state index < -0.39 is 12.1 Å². The molecule has 4 amide bonds. The van der Waals surface area contributed by atoms with Gasteiger partial charge in [0.25, 0.3) is 4.29 Å². The quantitative estimate of drug-likeness (QED) is 0.143. The molecule has 0 radical (unpaired) electrons. The number of carbonyl (C=O) groups is 2. The highest BCUT2D eigenvalue weighted by atomic mass is 127. The summed E-state index contributed by atoms with van der Waals surface area (Å²) in [6.45, 7) is -0.0635. The summed E-state index contributed by atoms with van der Waals surface area (Å²) >= 11 is 2.07. The van der Waals surface area contributed by atoms with Crippen LogP contribution in [-0.4, -0.2) is 40.7 Å². The number of urea groups is 2. The fraction of sp³-hybridized carbons (Fsp3) is 0.400. The van der Waals surface area contributed by atoms with Gasteiger partial charge in [-0.05, 0) is 0 Å². The Balaban J connectivity index is 3.61. The number of rotatable bonds is 4. The van der Waals surface area contributed by atoms with E-state index in [-0.39, 0.29) is 17.4 Å². The van der Waals surface area contributed by atoms with Crippen LogP contribution >= 0.6 is 31.5 Å². The number of hydrogen-bond donors (Lipinski definition) is 5. The monoisotopic (exact) mass is 359 g/mol. The number of hydrazine groups is 1. The van der Waals surface area contributed by atoms with Crippen LogP contribution in [0.15, 0.2) is 5.10 Å². The van der Waals surface area contributed by atoms with Crippen LogP contribution in [0.5, 0.6) is 0 Å². The second-order valence-corrected chi connectivity index (χ2v) is 5.91. The molecule has 11 heteroatoms. The SMILES string of the molecule is O=C(NCCO)NNC(=O)NN=CB(P)I. The van der Waals surface area contributed by atoms with Gasteiger partial charge in [0.05, 0.1) is 6.61 Å². The highest BCUT2D eigenvalue weighted by Gasteiger charge is 2.01. The predicted molar refractivity (Wildman–Crippen MR) is 73.3 cm³/mol. The Labute approximate surface area is 108 Å². The lowest BCUT2D eigenvalue weighted by atomic mass is 10.2. The normalized spacial score (nSPS) is 9.69. The van der Waals surface area contributed by atoms with Crippen molar-refractivity contribution in [3.8, 4) is 0 Å². The number of nitrogens with one attached hydrogen (secondary N) is 4. The molecule has 0 saturated carbocycles. The van der Waals surface area contributed by atoms with Gasteiger partial charge in [-0.15, -0.1) is 22.4 Å². The summed E-state index contributed by atoms with van der Waals surface area (Å²) in [6.07, 6.45) is 1.50. The van der Waals surface area contributed by atoms with Crippen molar-refractivity contribution in [2.45, 2.75) is 0 Å². The molecule has 0 aliphatic rings. The Hall–Kier alpha value is -0.605. The van der Waals surface area contributed by atoms with Crippen LogP contribution in [0.4, 0.5) is 9.59 Å². The van der Waals surface area contributed by atoms with E-state index in [1.807, 2.05) is 5.43 Å². The first-order chi connectivity index (χ1) is 7.56. The van der Waals surface area contributed by atoms with E-state index in [4.69, 9.17) is 5.11 Å². The average Bonchev–Trinajstić information content (AvgIpc) is 2.23. The van der Waals surface area contributed by atoms with Gasteiger partial charge < -0.3 is 10.4 Å². The highest BCUT2D eigenvalue weighted by Crippen LogP contribution is 1.98. The third-order valence-corrected chi connectivity index (χ3v) is 1.56. The smallest absolute Gasteiger partial charge is 0.353 e. The van der Waals surface area contributed by atoms with Gasteiger partial charge in [-0.1, -0.05) is 0 Å². The molecule has 0 bridgehead atoms. The maximum absolute atomic E-state index is 11.0. The van der Waals surface area contributed by atoms with Crippen LogP contribution in [0.3, 0.4) is 0 Å². The molecule has 0 spiro atoms. The molecule has 90 valence electrons. The average molecular weight is 359 g/mol. The van der Waals surface area contributed by atoms with Gasteiger partial charge in [0.1, 0.15) is 0 Å². The van der Waals surface area contributed by atoms with Gasteiger partial charge in [0.15, 0.2) is 0 Å². The summed E-state index contributed by atoms with van der Waals surface area (Å²) in [5.41, 5.74) is 6.23. The first-order valence-corrected chi connectivity index (χ1v) is 6.11. The van der Waals surface area contributed by atoms with Crippen LogP contribution in [-0.2, 0) is 0 Å². The van der Waals surface area contributed by atoms with Crippen molar-refractivity contribution >= 4 is 54.0 Å². The van der Waals surface area contributed by atoms with Gasteiger partial charge in [-0.2, -0.15) is 14.2 Å². The van der Waals surface area contributed by atoms with Crippen molar-refractivity contribution in [3.05, 3.63) is 0 Å². The van der Waals surface area contributed by atoms with Gasteiger partial charge in [0, 0.05) is 12.7 Å². The number of aliphatic hydroxyl groups excluding tert-OH is 1. The molecule has 1 unspecified atom stereocenters. The van der Waals surface area contributed by atoms with E-state index in [9.17, 15) is 9.59 Å². The second kappa shape index (κ2) is 9.61. The number of hydrogen-bond acceptors (Lipinski definition) is 4. The molecule has 5 N–H and O–H groups in total.